The van der Waals surface area contributed by atoms with Crippen LogP contribution in [0.2, 0.25) is 5.02 Å². The molecule has 4 rings (SSSR count). The second-order valence-electron chi connectivity index (χ2n) is 6.94. The molecule has 33 heavy (non-hydrogen) atoms. The number of rotatable bonds is 6. The Labute approximate surface area is 195 Å². The maximum absolute atomic E-state index is 12.6. The molecule has 1 amide bonds. The van der Waals surface area contributed by atoms with Crippen molar-refractivity contribution in [2.24, 2.45) is 0 Å². The van der Waals surface area contributed by atoms with Crippen LogP contribution in [0, 0.1) is 0 Å². The van der Waals surface area contributed by atoms with Crippen LogP contribution < -0.4 is 10.0 Å². The smallest absolute Gasteiger partial charge is 0.261 e. The molecule has 0 fully saturated rings. The molecule has 0 aliphatic carbocycles. The lowest BCUT2D eigenvalue weighted by molar-refractivity contribution is 0.102. The van der Waals surface area contributed by atoms with Gasteiger partial charge in [0.15, 0.2) is 5.82 Å². The van der Waals surface area contributed by atoms with E-state index < -0.39 is 15.9 Å². The van der Waals surface area contributed by atoms with Crippen molar-refractivity contribution in [1.29, 1.82) is 0 Å². The third-order valence-electron chi connectivity index (χ3n) is 4.54. The van der Waals surface area contributed by atoms with Crippen LogP contribution in [0.5, 0.6) is 5.75 Å². The third kappa shape index (κ3) is 5.46. The number of carbonyl (C=O) groups excluding carboxylic acids is 1. The first-order chi connectivity index (χ1) is 15.8. The first kappa shape index (κ1) is 22.3. The molecule has 3 N–H and O–H groups in total. The minimum atomic E-state index is -3.82. The molecule has 4 aromatic rings. The van der Waals surface area contributed by atoms with E-state index >= 15 is 0 Å². The highest BCUT2D eigenvalue weighted by molar-refractivity contribution is 7.92. The normalized spacial score (nSPS) is 11.1. The summed E-state index contributed by atoms with van der Waals surface area (Å²) in [6.07, 6.45) is 2.89. The van der Waals surface area contributed by atoms with Crippen LogP contribution in [0.1, 0.15) is 10.4 Å². The second kappa shape index (κ2) is 9.27. The summed E-state index contributed by atoms with van der Waals surface area (Å²) < 4.78 is 27.6. The number of carbonyl (C=O) groups is 1. The van der Waals surface area contributed by atoms with Crippen LogP contribution in [0.25, 0.3) is 11.4 Å². The Balaban J connectivity index is 1.43. The molecule has 0 aliphatic rings. The predicted octanol–water partition coefficient (Wildman–Crippen LogP) is 4.56. The van der Waals surface area contributed by atoms with Crippen molar-refractivity contribution >= 4 is 38.9 Å². The van der Waals surface area contributed by atoms with Crippen molar-refractivity contribution in [2.45, 2.75) is 4.90 Å². The fraction of sp³-hybridized carbons (Fsp3) is 0. The number of aromatic nitrogens is 2. The van der Waals surface area contributed by atoms with Gasteiger partial charge in [-0.25, -0.2) is 18.4 Å². The molecule has 10 heteroatoms. The fourth-order valence-corrected chi connectivity index (χ4v) is 4.09. The highest BCUT2D eigenvalue weighted by Gasteiger charge is 2.15. The molecule has 8 nitrogen and oxygen atoms in total. The number of phenols is 1. The Morgan fingerprint density at radius 1 is 0.879 bits per heavy atom. The summed E-state index contributed by atoms with van der Waals surface area (Å²) in [6, 6.07) is 18.3. The quantitative estimate of drug-likeness (QED) is 0.372. The van der Waals surface area contributed by atoms with Crippen molar-refractivity contribution in [2.75, 3.05) is 10.0 Å². The molecule has 0 bridgehead atoms. The predicted molar refractivity (Wildman–Crippen MR) is 126 cm³/mol. The average Bonchev–Trinajstić information content (AvgIpc) is 2.81. The Hall–Kier alpha value is -3.95. The maximum Gasteiger partial charge on any atom is 0.261 e. The standard InChI is InChI=1S/C23H17ClN4O4S/c24-17-6-8-18(9-7-17)28-33(31,32)21-10-4-15(5-11-21)23(30)27-19-13-25-22(26-14-19)16-2-1-3-20(29)12-16/h1-14,28-29H,(H,27,30). The number of anilines is 2. The highest BCUT2D eigenvalue weighted by atomic mass is 35.5. The fourth-order valence-electron chi connectivity index (χ4n) is 2.91. The highest BCUT2D eigenvalue weighted by Crippen LogP contribution is 2.21. The summed E-state index contributed by atoms with van der Waals surface area (Å²) in [5, 5.41) is 12.7. The largest absolute Gasteiger partial charge is 0.508 e. The minimum absolute atomic E-state index is 0.00722. The van der Waals surface area contributed by atoms with E-state index in [1.165, 1.54) is 42.7 Å². The van der Waals surface area contributed by atoms with Gasteiger partial charge in [-0.15, -0.1) is 0 Å². The molecule has 3 aromatic carbocycles. The van der Waals surface area contributed by atoms with Crippen molar-refractivity contribution in [3.63, 3.8) is 0 Å². The molecule has 0 radical (unpaired) electrons. The van der Waals surface area contributed by atoms with E-state index in [0.717, 1.165) is 0 Å². The summed E-state index contributed by atoms with van der Waals surface area (Å²) in [5.41, 5.74) is 1.63. The molecular weight excluding hydrogens is 464 g/mol. The molecule has 0 saturated carbocycles. The minimum Gasteiger partial charge on any atom is -0.508 e. The number of phenolic OH excluding ortho intramolecular Hbond substituents is 1. The van der Waals surface area contributed by atoms with Crippen molar-refractivity contribution in [1.82, 2.24) is 9.97 Å². The zero-order valence-corrected chi connectivity index (χ0v) is 18.5. The molecule has 0 saturated heterocycles. The van der Waals surface area contributed by atoms with E-state index in [0.29, 0.717) is 27.8 Å². The van der Waals surface area contributed by atoms with Gasteiger partial charge in [-0.1, -0.05) is 23.7 Å². The van der Waals surface area contributed by atoms with E-state index in [9.17, 15) is 18.3 Å². The molecular formula is C23H17ClN4O4S. The zero-order chi connectivity index (χ0) is 23.4. The molecule has 0 atom stereocenters. The SMILES string of the molecule is O=C(Nc1cnc(-c2cccc(O)c2)nc1)c1ccc(S(=O)(=O)Nc2ccc(Cl)cc2)cc1. The summed E-state index contributed by atoms with van der Waals surface area (Å²) in [6.45, 7) is 0. The number of amides is 1. The van der Waals surface area contributed by atoms with Gasteiger partial charge in [-0.3, -0.25) is 9.52 Å². The van der Waals surface area contributed by atoms with Gasteiger partial charge >= 0.3 is 0 Å². The van der Waals surface area contributed by atoms with Crippen LogP contribution in [0.15, 0.2) is 90.1 Å². The number of benzene rings is 3. The molecule has 1 aromatic heterocycles. The van der Waals surface area contributed by atoms with Gasteiger partial charge in [-0.2, -0.15) is 0 Å². The van der Waals surface area contributed by atoms with E-state index in [2.05, 4.69) is 20.0 Å². The summed E-state index contributed by atoms with van der Waals surface area (Å²) in [7, 11) is -3.82. The molecule has 0 unspecified atom stereocenters. The number of nitrogens with zero attached hydrogens (tertiary/aromatic N) is 2. The third-order valence-corrected chi connectivity index (χ3v) is 6.19. The first-order valence-corrected chi connectivity index (χ1v) is 11.5. The van der Waals surface area contributed by atoms with Crippen LogP contribution in [0.4, 0.5) is 11.4 Å². The van der Waals surface area contributed by atoms with Gasteiger partial charge in [0.1, 0.15) is 5.75 Å². The lowest BCUT2D eigenvalue weighted by Gasteiger charge is -2.09. The monoisotopic (exact) mass is 480 g/mol. The number of nitrogens with one attached hydrogen (secondary N) is 2. The van der Waals surface area contributed by atoms with Gasteiger partial charge in [-0.05, 0) is 60.7 Å². The Morgan fingerprint density at radius 3 is 2.18 bits per heavy atom. The van der Waals surface area contributed by atoms with E-state index in [4.69, 9.17) is 11.6 Å². The summed E-state index contributed by atoms with van der Waals surface area (Å²) in [5.74, 6) is 0.0484. The summed E-state index contributed by atoms with van der Waals surface area (Å²) in [4.78, 5) is 20.9. The zero-order valence-electron chi connectivity index (χ0n) is 16.9. The van der Waals surface area contributed by atoms with Crippen LogP contribution in [-0.4, -0.2) is 29.4 Å². The van der Waals surface area contributed by atoms with Gasteiger partial charge in [0.2, 0.25) is 0 Å². The van der Waals surface area contributed by atoms with Crippen LogP contribution in [0.3, 0.4) is 0 Å². The topological polar surface area (TPSA) is 121 Å². The van der Waals surface area contributed by atoms with E-state index in [1.54, 1.807) is 42.5 Å². The number of hydrogen-bond acceptors (Lipinski definition) is 6. The molecule has 0 aliphatic heterocycles. The Bertz CT molecular complexity index is 1390. The Morgan fingerprint density at radius 2 is 1.55 bits per heavy atom. The maximum atomic E-state index is 12.6. The van der Waals surface area contributed by atoms with Gasteiger partial charge in [0.05, 0.1) is 23.0 Å². The van der Waals surface area contributed by atoms with Gasteiger partial charge in [0.25, 0.3) is 15.9 Å². The van der Waals surface area contributed by atoms with Crippen LogP contribution >= 0.6 is 11.6 Å². The lowest BCUT2D eigenvalue weighted by Crippen LogP contribution is -2.15. The van der Waals surface area contributed by atoms with Crippen molar-refractivity contribution < 1.29 is 18.3 Å². The molecule has 0 spiro atoms. The van der Waals surface area contributed by atoms with Crippen molar-refractivity contribution in [3.8, 4) is 17.1 Å². The number of hydrogen-bond donors (Lipinski definition) is 3. The number of halogens is 1. The first-order valence-electron chi connectivity index (χ1n) is 9.61. The van der Waals surface area contributed by atoms with E-state index in [1.807, 2.05) is 0 Å². The number of sulfonamides is 1. The van der Waals surface area contributed by atoms with E-state index in [-0.39, 0.29) is 16.2 Å². The van der Waals surface area contributed by atoms with Gasteiger partial charge in [0, 0.05) is 21.8 Å². The molecule has 166 valence electrons. The Kier molecular flexibility index (Phi) is 6.25. The van der Waals surface area contributed by atoms with Crippen molar-refractivity contribution in [3.05, 3.63) is 95.8 Å². The number of aromatic hydroxyl groups is 1. The second-order valence-corrected chi connectivity index (χ2v) is 9.06. The summed E-state index contributed by atoms with van der Waals surface area (Å²) >= 11 is 5.81. The lowest BCUT2D eigenvalue weighted by atomic mass is 10.2. The van der Waals surface area contributed by atoms with Gasteiger partial charge < -0.3 is 10.4 Å². The van der Waals surface area contributed by atoms with Crippen LogP contribution in [-0.2, 0) is 10.0 Å². The molecule has 1 heterocycles. The average molecular weight is 481 g/mol.